The van der Waals surface area contributed by atoms with Gasteiger partial charge < -0.3 is 10.1 Å². The van der Waals surface area contributed by atoms with Crippen LogP contribution >= 0.6 is 11.8 Å². The lowest BCUT2D eigenvalue weighted by atomic mass is 10.1. The number of nitrogens with one attached hydrogen (secondary N) is 2. The topological polar surface area (TPSA) is 93.4 Å². The number of hydrogen-bond acceptors (Lipinski definition) is 7. The van der Waals surface area contributed by atoms with E-state index in [0.717, 1.165) is 22.7 Å². The Bertz CT molecular complexity index is 1380. The Hall–Kier alpha value is -4.18. The molecule has 4 aromatic rings. The molecule has 0 saturated carbocycles. The van der Waals surface area contributed by atoms with Crippen LogP contribution < -0.4 is 15.5 Å². The summed E-state index contributed by atoms with van der Waals surface area (Å²) in [6.45, 7) is 3.92. The van der Waals surface area contributed by atoms with Gasteiger partial charge in [-0.2, -0.15) is 5.10 Å². The molecule has 0 spiro atoms. The Morgan fingerprint density at radius 3 is 2.49 bits per heavy atom. The van der Waals surface area contributed by atoms with Crippen LogP contribution in [0.2, 0.25) is 0 Å². The van der Waals surface area contributed by atoms with E-state index >= 15 is 0 Å². The molecule has 0 fully saturated rings. The molecule has 0 aliphatic carbocycles. The first kappa shape index (κ1) is 25.9. The molecule has 3 aromatic carbocycles. The third kappa shape index (κ3) is 6.53. The van der Waals surface area contributed by atoms with E-state index in [9.17, 15) is 9.18 Å². The summed E-state index contributed by atoms with van der Waals surface area (Å²) in [5, 5.41) is 16.4. The number of hydrogen-bond donors (Lipinski definition) is 2. The maximum absolute atomic E-state index is 13.2. The molecule has 0 unspecified atom stereocenters. The Kier molecular flexibility index (Phi) is 8.52. The Labute approximate surface area is 219 Å². The molecule has 0 radical (unpaired) electrons. The first-order chi connectivity index (χ1) is 18.0. The first-order valence-corrected chi connectivity index (χ1v) is 12.5. The van der Waals surface area contributed by atoms with Crippen LogP contribution in [-0.2, 0) is 11.3 Å². The van der Waals surface area contributed by atoms with Gasteiger partial charge in [0.05, 0.1) is 30.3 Å². The van der Waals surface area contributed by atoms with Crippen molar-refractivity contribution in [3.05, 3.63) is 96.1 Å². The van der Waals surface area contributed by atoms with Gasteiger partial charge in [-0.05, 0) is 55.8 Å². The van der Waals surface area contributed by atoms with Gasteiger partial charge in [0.2, 0.25) is 0 Å². The van der Waals surface area contributed by atoms with Gasteiger partial charge in [0.15, 0.2) is 11.0 Å². The zero-order chi connectivity index (χ0) is 26.2. The van der Waals surface area contributed by atoms with E-state index in [1.165, 1.54) is 23.9 Å². The average molecular weight is 519 g/mol. The molecule has 0 saturated heterocycles. The van der Waals surface area contributed by atoms with Crippen molar-refractivity contribution in [1.29, 1.82) is 0 Å². The van der Waals surface area contributed by atoms with Crippen LogP contribution in [0.1, 0.15) is 25.2 Å². The number of nitrogens with zero attached hydrogens (tertiary/aromatic N) is 4. The van der Waals surface area contributed by atoms with Crippen molar-refractivity contribution in [3.63, 3.8) is 0 Å². The molecule has 1 atom stereocenters. The Morgan fingerprint density at radius 1 is 1.05 bits per heavy atom. The molecule has 1 aromatic heterocycles. The fraction of sp³-hybridized carbons (Fsp3) is 0.185. The lowest BCUT2D eigenvalue weighted by Crippen LogP contribution is -2.28. The number of carbonyl (C=O) groups is 1. The van der Waals surface area contributed by atoms with E-state index in [1.807, 2.05) is 59.2 Å². The van der Waals surface area contributed by atoms with E-state index in [1.54, 1.807) is 33.1 Å². The number of halogens is 1. The molecule has 0 bridgehead atoms. The fourth-order valence-corrected chi connectivity index (χ4v) is 4.37. The number of methoxy groups -OCH3 is 1. The fourth-order valence-electron chi connectivity index (χ4n) is 3.49. The van der Waals surface area contributed by atoms with Gasteiger partial charge >= 0.3 is 0 Å². The molecular weight excluding hydrogens is 491 g/mol. The summed E-state index contributed by atoms with van der Waals surface area (Å²) in [5.41, 5.74) is 5.60. The summed E-state index contributed by atoms with van der Waals surface area (Å²) in [7, 11) is 1.62. The van der Waals surface area contributed by atoms with Crippen LogP contribution in [0, 0.1) is 5.82 Å². The molecule has 1 amide bonds. The highest BCUT2D eigenvalue weighted by atomic mass is 32.2. The van der Waals surface area contributed by atoms with Crippen molar-refractivity contribution in [2.45, 2.75) is 30.8 Å². The third-order valence-electron chi connectivity index (χ3n) is 5.51. The Morgan fingerprint density at radius 2 is 1.76 bits per heavy atom. The number of amides is 1. The molecule has 2 N–H and O–H groups in total. The van der Waals surface area contributed by atoms with Gasteiger partial charge in [0.25, 0.3) is 5.91 Å². The standard InChI is InChI=1S/C27H27FN6O2S/c1-18(20-13-15-21(28)16-14-20)30-32-26(35)19(2)37-27-33-31-25(34(27)22-9-5-4-6-10-22)17-29-23-11-7-8-12-24(23)36-3/h4-16,19,29H,17H2,1-3H3,(H,32,35)/b30-18-/t19-/m1/s1. The summed E-state index contributed by atoms with van der Waals surface area (Å²) in [6.07, 6.45) is 0. The van der Waals surface area contributed by atoms with Crippen molar-refractivity contribution >= 4 is 29.1 Å². The van der Waals surface area contributed by atoms with E-state index < -0.39 is 5.25 Å². The summed E-state index contributed by atoms with van der Waals surface area (Å²) in [5.74, 6) is 0.787. The van der Waals surface area contributed by atoms with Crippen molar-refractivity contribution < 1.29 is 13.9 Å². The van der Waals surface area contributed by atoms with Crippen LogP contribution in [0.4, 0.5) is 10.1 Å². The van der Waals surface area contributed by atoms with E-state index in [2.05, 4.69) is 26.0 Å². The lowest BCUT2D eigenvalue weighted by Gasteiger charge is -2.14. The molecule has 0 aliphatic rings. The highest BCUT2D eigenvalue weighted by Gasteiger charge is 2.21. The Balaban J connectivity index is 1.50. The number of para-hydroxylation sites is 3. The zero-order valence-corrected chi connectivity index (χ0v) is 21.5. The monoisotopic (exact) mass is 518 g/mol. The van der Waals surface area contributed by atoms with Crippen LogP contribution in [-0.4, -0.2) is 38.7 Å². The molecular formula is C27H27FN6O2S. The largest absolute Gasteiger partial charge is 0.495 e. The quantitative estimate of drug-likeness (QED) is 0.173. The van der Waals surface area contributed by atoms with Crippen LogP contribution in [0.25, 0.3) is 5.69 Å². The molecule has 1 heterocycles. The number of rotatable bonds is 10. The van der Waals surface area contributed by atoms with Gasteiger partial charge in [-0.25, -0.2) is 9.82 Å². The van der Waals surface area contributed by atoms with Gasteiger partial charge in [0.1, 0.15) is 11.6 Å². The highest BCUT2D eigenvalue weighted by molar-refractivity contribution is 8.00. The number of aromatic nitrogens is 3. The highest BCUT2D eigenvalue weighted by Crippen LogP contribution is 2.28. The molecule has 8 nitrogen and oxygen atoms in total. The van der Waals surface area contributed by atoms with Gasteiger partial charge in [-0.15, -0.1) is 10.2 Å². The number of hydrazone groups is 1. The minimum absolute atomic E-state index is 0.289. The molecule has 190 valence electrons. The molecule has 37 heavy (non-hydrogen) atoms. The lowest BCUT2D eigenvalue weighted by molar-refractivity contribution is -0.120. The van der Waals surface area contributed by atoms with Crippen LogP contribution in [0.5, 0.6) is 5.75 Å². The minimum atomic E-state index is -0.508. The number of anilines is 1. The number of benzene rings is 3. The average Bonchev–Trinajstić information content (AvgIpc) is 3.33. The number of thioether (sulfide) groups is 1. The van der Waals surface area contributed by atoms with Crippen molar-refractivity contribution in [3.8, 4) is 11.4 Å². The second-order valence-corrected chi connectivity index (χ2v) is 9.37. The molecule has 0 aliphatic heterocycles. The number of carbonyl (C=O) groups excluding carboxylic acids is 1. The number of ether oxygens (including phenoxy) is 1. The molecule has 4 rings (SSSR count). The van der Waals surface area contributed by atoms with E-state index in [0.29, 0.717) is 23.2 Å². The van der Waals surface area contributed by atoms with E-state index in [4.69, 9.17) is 4.74 Å². The van der Waals surface area contributed by atoms with Crippen molar-refractivity contribution in [2.75, 3.05) is 12.4 Å². The second kappa shape index (κ2) is 12.2. The maximum atomic E-state index is 13.2. The minimum Gasteiger partial charge on any atom is -0.495 e. The SMILES string of the molecule is COc1ccccc1NCc1nnc(S[C@H](C)C(=O)N/N=C(/C)c2ccc(F)cc2)n1-c1ccccc1. The van der Waals surface area contributed by atoms with Gasteiger partial charge in [-0.3, -0.25) is 9.36 Å². The van der Waals surface area contributed by atoms with Crippen LogP contribution in [0.15, 0.2) is 89.1 Å². The van der Waals surface area contributed by atoms with Crippen molar-refractivity contribution in [1.82, 2.24) is 20.2 Å². The summed E-state index contributed by atoms with van der Waals surface area (Å²) < 4.78 is 20.5. The zero-order valence-electron chi connectivity index (χ0n) is 20.7. The van der Waals surface area contributed by atoms with Crippen LogP contribution in [0.3, 0.4) is 0 Å². The predicted molar refractivity (Wildman–Crippen MR) is 144 cm³/mol. The summed E-state index contributed by atoms with van der Waals surface area (Å²) in [6, 6.07) is 23.3. The van der Waals surface area contributed by atoms with E-state index in [-0.39, 0.29) is 11.7 Å². The maximum Gasteiger partial charge on any atom is 0.253 e. The normalized spacial score (nSPS) is 12.2. The summed E-state index contributed by atoms with van der Waals surface area (Å²) in [4.78, 5) is 12.8. The van der Waals surface area contributed by atoms with Crippen molar-refractivity contribution in [2.24, 2.45) is 5.10 Å². The smallest absolute Gasteiger partial charge is 0.253 e. The van der Waals surface area contributed by atoms with Gasteiger partial charge in [0, 0.05) is 5.69 Å². The molecule has 10 heteroatoms. The third-order valence-corrected chi connectivity index (χ3v) is 6.55. The summed E-state index contributed by atoms with van der Waals surface area (Å²) >= 11 is 1.28. The predicted octanol–water partition coefficient (Wildman–Crippen LogP) is 5.05. The second-order valence-electron chi connectivity index (χ2n) is 8.06. The first-order valence-electron chi connectivity index (χ1n) is 11.6. The van der Waals surface area contributed by atoms with Gasteiger partial charge in [-0.1, -0.05) is 54.2 Å².